The fourth-order valence-electron chi connectivity index (χ4n) is 2.42. The van der Waals surface area contributed by atoms with E-state index in [1.54, 1.807) is 27.7 Å². The number of amides is 1. The third-order valence-electron chi connectivity index (χ3n) is 3.50. The Morgan fingerprint density at radius 2 is 1.73 bits per heavy atom. The molecule has 0 fully saturated rings. The molecule has 0 saturated heterocycles. The molecule has 0 aromatic rings. The molecule has 0 radical (unpaired) electrons. The highest BCUT2D eigenvalue weighted by Crippen LogP contribution is 2.34. The highest BCUT2D eigenvalue weighted by molar-refractivity contribution is 5.86. The summed E-state index contributed by atoms with van der Waals surface area (Å²) in [6.45, 7) is 9.86. The SMILES string of the molecule is CC(C)C[C@@](C(=O)OF)(C(C)CO)N(C)C(=O)OC(C)(C)C. The van der Waals surface area contributed by atoms with Crippen LogP contribution in [0.4, 0.5) is 9.32 Å². The molecule has 0 aromatic carbocycles. The second-order valence-electron chi connectivity index (χ2n) is 7.01. The number of aliphatic hydroxyl groups is 1. The summed E-state index contributed by atoms with van der Waals surface area (Å²) < 4.78 is 17.9. The summed E-state index contributed by atoms with van der Waals surface area (Å²) >= 11 is 0. The van der Waals surface area contributed by atoms with E-state index in [-0.39, 0.29) is 12.3 Å². The Balaban J connectivity index is 5.80. The predicted octanol–water partition coefficient (Wildman–Crippen LogP) is 2.69. The van der Waals surface area contributed by atoms with Crippen LogP contribution in [0.2, 0.25) is 0 Å². The lowest BCUT2D eigenvalue weighted by Crippen LogP contribution is -2.61. The molecule has 0 heterocycles. The van der Waals surface area contributed by atoms with Gasteiger partial charge in [-0.25, -0.2) is 9.59 Å². The first-order valence-corrected chi connectivity index (χ1v) is 7.33. The molecule has 0 spiro atoms. The number of ether oxygens (including phenoxy) is 1. The molecule has 6 nitrogen and oxygen atoms in total. The summed E-state index contributed by atoms with van der Waals surface area (Å²) in [5.74, 6) is -1.98. The predicted molar refractivity (Wildman–Crippen MR) is 79.6 cm³/mol. The van der Waals surface area contributed by atoms with Gasteiger partial charge in [0, 0.05) is 24.1 Å². The van der Waals surface area contributed by atoms with Crippen LogP contribution in [0.25, 0.3) is 0 Å². The van der Waals surface area contributed by atoms with Crippen LogP contribution in [0.3, 0.4) is 0 Å². The van der Waals surface area contributed by atoms with Crippen molar-refractivity contribution in [1.82, 2.24) is 4.90 Å². The van der Waals surface area contributed by atoms with Gasteiger partial charge in [0.05, 0.1) is 0 Å². The molecule has 0 aliphatic carbocycles. The number of hydrogen-bond acceptors (Lipinski definition) is 5. The van der Waals surface area contributed by atoms with Gasteiger partial charge in [-0.05, 0) is 33.1 Å². The fraction of sp³-hybridized carbons (Fsp3) is 0.867. The molecule has 0 saturated carbocycles. The van der Waals surface area contributed by atoms with Gasteiger partial charge in [0.2, 0.25) is 0 Å². The largest absolute Gasteiger partial charge is 0.444 e. The molecular weight excluding hydrogens is 293 g/mol. The Labute approximate surface area is 131 Å². The molecule has 0 rings (SSSR count). The Morgan fingerprint density at radius 3 is 2.05 bits per heavy atom. The maximum absolute atomic E-state index is 12.7. The molecule has 7 heteroatoms. The van der Waals surface area contributed by atoms with Gasteiger partial charge >= 0.3 is 12.1 Å². The molecule has 2 atom stereocenters. The average Bonchev–Trinajstić information content (AvgIpc) is 2.39. The van der Waals surface area contributed by atoms with E-state index in [9.17, 15) is 19.2 Å². The number of nitrogens with zero attached hydrogens (tertiary/aromatic N) is 1. The number of aliphatic hydroxyl groups excluding tert-OH is 1. The van der Waals surface area contributed by atoms with E-state index in [4.69, 9.17) is 4.74 Å². The quantitative estimate of drug-likeness (QED) is 0.814. The average molecular weight is 321 g/mol. The Kier molecular flexibility index (Phi) is 7.28. The molecule has 1 N–H and O–H groups in total. The minimum atomic E-state index is -1.64. The van der Waals surface area contributed by atoms with Crippen molar-refractivity contribution in [3.8, 4) is 0 Å². The lowest BCUT2D eigenvalue weighted by Gasteiger charge is -2.43. The minimum absolute atomic E-state index is 0.0435. The van der Waals surface area contributed by atoms with E-state index >= 15 is 0 Å². The lowest BCUT2D eigenvalue weighted by atomic mass is 9.77. The smallest absolute Gasteiger partial charge is 0.411 e. The Hall–Kier alpha value is -1.37. The van der Waals surface area contributed by atoms with Crippen LogP contribution in [0.5, 0.6) is 0 Å². The second-order valence-corrected chi connectivity index (χ2v) is 7.01. The van der Waals surface area contributed by atoms with E-state index in [2.05, 4.69) is 4.94 Å². The zero-order valence-corrected chi connectivity index (χ0v) is 14.5. The van der Waals surface area contributed by atoms with Crippen molar-refractivity contribution in [2.24, 2.45) is 11.8 Å². The zero-order chi connectivity index (χ0) is 17.7. The van der Waals surface area contributed by atoms with Gasteiger partial charge in [-0.15, -0.1) is 0 Å². The number of halogens is 1. The van der Waals surface area contributed by atoms with Crippen LogP contribution in [-0.2, 0) is 14.5 Å². The fourth-order valence-corrected chi connectivity index (χ4v) is 2.42. The van der Waals surface area contributed by atoms with Gasteiger partial charge in [-0.2, -0.15) is 0 Å². The van der Waals surface area contributed by atoms with Crippen molar-refractivity contribution in [3.63, 3.8) is 0 Å². The topological polar surface area (TPSA) is 76.1 Å². The third-order valence-corrected chi connectivity index (χ3v) is 3.50. The Bertz CT molecular complexity index is 394. The summed E-state index contributed by atoms with van der Waals surface area (Å²) in [7, 11) is 1.35. The molecule has 1 unspecified atom stereocenters. The van der Waals surface area contributed by atoms with Crippen LogP contribution < -0.4 is 0 Å². The molecule has 22 heavy (non-hydrogen) atoms. The Morgan fingerprint density at radius 1 is 1.23 bits per heavy atom. The number of hydrogen-bond donors (Lipinski definition) is 1. The molecule has 130 valence electrons. The number of likely N-dealkylation sites (N-methyl/N-ethyl adjacent to an activating group) is 1. The molecule has 0 bridgehead atoms. The summed E-state index contributed by atoms with van der Waals surface area (Å²) in [6, 6.07) is 0. The first-order chi connectivity index (χ1) is 9.92. The molecule has 0 aliphatic rings. The first kappa shape index (κ1) is 20.6. The van der Waals surface area contributed by atoms with E-state index in [0.29, 0.717) is 0 Å². The normalized spacial score (nSPS) is 15.9. The summed E-state index contributed by atoms with van der Waals surface area (Å²) in [4.78, 5) is 28.9. The van der Waals surface area contributed by atoms with Crippen molar-refractivity contribution >= 4 is 12.1 Å². The van der Waals surface area contributed by atoms with E-state index in [0.717, 1.165) is 4.90 Å². The van der Waals surface area contributed by atoms with Crippen molar-refractivity contribution in [2.45, 2.75) is 59.1 Å². The van der Waals surface area contributed by atoms with Gasteiger partial charge in [0.25, 0.3) is 0 Å². The molecule has 0 aliphatic heterocycles. The highest BCUT2D eigenvalue weighted by atomic mass is 19.3. The van der Waals surface area contributed by atoms with Crippen LogP contribution in [0, 0.1) is 11.8 Å². The molecule has 1 amide bonds. The van der Waals surface area contributed by atoms with Gasteiger partial charge in [-0.3, -0.25) is 9.84 Å². The maximum Gasteiger partial charge on any atom is 0.411 e. The zero-order valence-electron chi connectivity index (χ0n) is 14.5. The monoisotopic (exact) mass is 321 g/mol. The number of rotatable bonds is 6. The third kappa shape index (κ3) is 4.83. The van der Waals surface area contributed by atoms with Gasteiger partial charge in [0.1, 0.15) is 5.60 Å². The summed E-state index contributed by atoms with van der Waals surface area (Å²) in [5.41, 5.74) is -2.41. The first-order valence-electron chi connectivity index (χ1n) is 7.33. The van der Waals surface area contributed by atoms with Crippen LogP contribution in [-0.4, -0.2) is 46.9 Å². The van der Waals surface area contributed by atoms with E-state index in [1.807, 2.05) is 13.8 Å². The molecular formula is C15H28FNO5. The van der Waals surface area contributed by atoms with Crippen LogP contribution >= 0.6 is 0 Å². The summed E-state index contributed by atoms with van der Waals surface area (Å²) in [6.07, 6.45) is -0.647. The van der Waals surface area contributed by atoms with Crippen molar-refractivity contribution in [3.05, 3.63) is 0 Å². The number of carbonyl (C=O) groups is 2. The van der Waals surface area contributed by atoms with Crippen molar-refractivity contribution in [2.75, 3.05) is 13.7 Å². The summed E-state index contributed by atoms with van der Waals surface area (Å²) in [5, 5.41) is 9.48. The van der Waals surface area contributed by atoms with E-state index in [1.165, 1.54) is 7.05 Å². The molecule has 0 aromatic heterocycles. The van der Waals surface area contributed by atoms with Crippen molar-refractivity contribution in [1.29, 1.82) is 0 Å². The van der Waals surface area contributed by atoms with Gasteiger partial charge in [0.15, 0.2) is 5.54 Å². The van der Waals surface area contributed by atoms with Crippen LogP contribution in [0.15, 0.2) is 0 Å². The van der Waals surface area contributed by atoms with E-state index < -0.39 is 35.7 Å². The number of carbonyl (C=O) groups excluding carboxylic acids is 2. The standard InChI is InChI=1S/C15H28FNO5/c1-10(2)8-15(11(3)9-18,12(19)22-16)17(7)13(20)21-14(4,5)6/h10-11,18H,8-9H2,1-7H3/t11?,15-/m0/s1. The van der Waals surface area contributed by atoms with Crippen LogP contribution in [0.1, 0.15) is 48.0 Å². The lowest BCUT2D eigenvalue weighted by molar-refractivity contribution is -0.203. The van der Waals surface area contributed by atoms with Gasteiger partial charge in [-0.1, -0.05) is 20.8 Å². The minimum Gasteiger partial charge on any atom is -0.444 e. The highest BCUT2D eigenvalue weighted by Gasteiger charge is 2.52. The van der Waals surface area contributed by atoms with Gasteiger partial charge < -0.3 is 9.84 Å². The van der Waals surface area contributed by atoms with Crippen molar-refractivity contribution < 1.29 is 28.9 Å². The maximum atomic E-state index is 12.7. The second kappa shape index (κ2) is 7.76.